The van der Waals surface area contributed by atoms with Gasteiger partial charge in [-0.1, -0.05) is 11.3 Å². The summed E-state index contributed by atoms with van der Waals surface area (Å²) >= 11 is 1.28. The molecular weight excluding hydrogens is 226 g/mol. The first-order chi connectivity index (χ1) is 7.68. The predicted molar refractivity (Wildman–Crippen MR) is 63.8 cm³/mol. The Bertz CT molecular complexity index is 374. The van der Waals surface area contributed by atoms with Crippen molar-refractivity contribution in [2.24, 2.45) is 0 Å². The van der Waals surface area contributed by atoms with Gasteiger partial charge in [0.05, 0.1) is 4.92 Å². The second-order valence-corrected chi connectivity index (χ2v) is 4.99. The van der Waals surface area contributed by atoms with Crippen molar-refractivity contribution in [1.29, 1.82) is 0 Å². The maximum absolute atomic E-state index is 10.6. The van der Waals surface area contributed by atoms with Crippen molar-refractivity contribution < 1.29 is 4.92 Å². The average molecular weight is 241 g/mol. The van der Waals surface area contributed by atoms with E-state index in [1.54, 1.807) is 6.07 Å². The van der Waals surface area contributed by atoms with Gasteiger partial charge >= 0.3 is 5.00 Å². The molecule has 1 aliphatic rings. The fraction of sp³-hybridized carbons (Fsp3) is 0.600. The van der Waals surface area contributed by atoms with Crippen LogP contribution in [0, 0.1) is 10.1 Å². The minimum Gasteiger partial charge on any atom is -0.314 e. The van der Waals surface area contributed by atoms with Gasteiger partial charge in [0.2, 0.25) is 0 Å². The Labute approximate surface area is 98.2 Å². The third-order valence-electron chi connectivity index (χ3n) is 2.90. The summed E-state index contributed by atoms with van der Waals surface area (Å²) in [5.41, 5.74) is 0. The second-order valence-electron chi connectivity index (χ2n) is 3.90. The highest BCUT2D eigenvalue weighted by molar-refractivity contribution is 7.15. The van der Waals surface area contributed by atoms with Crippen LogP contribution in [0.5, 0.6) is 0 Å². The summed E-state index contributed by atoms with van der Waals surface area (Å²) in [6.45, 7) is 6.12. The van der Waals surface area contributed by atoms with Gasteiger partial charge < -0.3 is 5.32 Å². The number of nitrogens with zero attached hydrogens (tertiary/aromatic N) is 2. The highest BCUT2D eigenvalue weighted by Crippen LogP contribution is 2.31. The fourth-order valence-electron chi connectivity index (χ4n) is 1.91. The van der Waals surface area contributed by atoms with E-state index in [1.165, 1.54) is 11.3 Å². The van der Waals surface area contributed by atoms with Crippen LogP contribution >= 0.6 is 11.3 Å². The molecule has 2 rings (SSSR count). The van der Waals surface area contributed by atoms with Gasteiger partial charge in [-0.3, -0.25) is 15.0 Å². The van der Waals surface area contributed by atoms with Crippen LogP contribution < -0.4 is 5.32 Å². The Morgan fingerprint density at radius 2 is 2.19 bits per heavy atom. The van der Waals surface area contributed by atoms with E-state index in [0.29, 0.717) is 0 Å². The quantitative estimate of drug-likeness (QED) is 0.645. The average Bonchev–Trinajstić information content (AvgIpc) is 2.78. The summed E-state index contributed by atoms with van der Waals surface area (Å²) in [6.07, 6.45) is 0. The van der Waals surface area contributed by atoms with Crippen LogP contribution in [0.2, 0.25) is 0 Å². The lowest BCUT2D eigenvalue weighted by Crippen LogP contribution is -2.44. The number of nitrogens with one attached hydrogen (secondary N) is 1. The van der Waals surface area contributed by atoms with E-state index in [2.05, 4.69) is 17.1 Å². The fourth-order valence-corrected chi connectivity index (χ4v) is 2.82. The van der Waals surface area contributed by atoms with Crippen LogP contribution in [-0.2, 0) is 0 Å². The summed E-state index contributed by atoms with van der Waals surface area (Å²) in [5, 5.41) is 14.1. The SMILES string of the molecule is C[C@@H](c1ccc([N+](=O)[O-])s1)N1CCNCC1. The van der Waals surface area contributed by atoms with E-state index in [1.807, 2.05) is 6.07 Å². The Morgan fingerprint density at radius 3 is 2.75 bits per heavy atom. The van der Waals surface area contributed by atoms with Crippen molar-refractivity contribution in [2.75, 3.05) is 26.2 Å². The van der Waals surface area contributed by atoms with Gasteiger partial charge in [0.25, 0.3) is 0 Å². The third-order valence-corrected chi connectivity index (χ3v) is 4.11. The highest BCUT2D eigenvalue weighted by atomic mass is 32.1. The van der Waals surface area contributed by atoms with Crippen LogP contribution in [0.15, 0.2) is 12.1 Å². The lowest BCUT2D eigenvalue weighted by molar-refractivity contribution is -0.380. The molecule has 1 aromatic rings. The molecule has 88 valence electrons. The molecule has 0 radical (unpaired) electrons. The summed E-state index contributed by atoms with van der Waals surface area (Å²) in [6, 6.07) is 3.74. The zero-order chi connectivity index (χ0) is 11.5. The van der Waals surface area contributed by atoms with Crippen molar-refractivity contribution >= 4 is 16.3 Å². The summed E-state index contributed by atoms with van der Waals surface area (Å²) in [7, 11) is 0. The van der Waals surface area contributed by atoms with E-state index in [4.69, 9.17) is 0 Å². The molecule has 1 aromatic heterocycles. The number of piperazine rings is 1. The molecule has 0 amide bonds. The molecular formula is C10H15N3O2S. The number of hydrogen-bond acceptors (Lipinski definition) is 5. The molecule has 0 aliphatic carbocycles. The molecule has 0 unspecified atom stereocenters. The van der Waals surface area contributed by atoms with Crippen LogP contribution in [0.4, 0.5) is 5.00 Å². The molecule has 1 aliphatic heterocycles. The molecule has 16 heavy (non-hydrogen) atoms. The lowest BCUT2D eigenvalue weighted by atomic mass is 10.2. The number of rotatable bonds is 3. The first-order valence-corrected chi connectivity index (χ1v) is 6.19. The number of thiophene rings is 1. The maximum atomic E-state index is 10.6. The number of hydrogen-bond donors (Lipinski definition) is 1. The Kier molecular flexibility index (Phi) is 3.52. The molecule has 0 aromatic carbocycles. The molecule has 1 atom stereocenters. The maximum Gasteiger partial charge on any atom is 0.324 e. The molecule has 2 heterocycles. The smallest absolute Gasteiger partial charge is 0.314 e. The largest absolute Gasteiger partial charge is 0.324 e. The molecule has 1 fully saturated rings. The predicted octanol–water partition coefficient (Wildman–Crippen LogP) is 1.62. The van der Waals surface area contributed by atoms with Crippen LogP contribution in [0.1, 0.15) is 17.8 Å². The first kappa shape index (κ1) is 11.5. The Morgan fingerprint density at radius 1 is 1.50 bits per heavy atom. The minimum absolute atomic E-state index is 0.233. The topological polar surface area (TPSA) is 58.4 Å². The van der Waals surface area contributed by atoms with E-state index < -0.39 is 0 Å². The first-order valence-electron chi connectivity index (χ1n) is 5.37. The van der Waals surface area contributed by atoms with Gasteiger partial charge in [0, 0.05) is 43.2 Å². The van der Waals surface area contributed by atoms with Crippen LogP contribution in [-0.4, -0.2) is 36.0 Å². The number of nitro groups is 1. The molecule has 5 nitrogen and oxygen atoms in total. The zero-order valence-electron chi connectivity index (χ0n) is 9.18. The van der Waals surface area contributed by atoms with Gasteiger partial charge in [-0.15, -0.1) is 0 Å². The molecule has 0 bridgehead atoms. The van der Waals surface area contributed by atoms with E-state index >= 15 is 0 Å². The van der Waals surface area contributed by atoms with E-state index in [-0.39, 0.29) is 16.0 Å². The Balaban J connectivity index is 2.07. The second kappa shape index (κ2) is 4.90. The van der Waals surface area contributed by atoms with Crippen LogP contribution in [0.25, 0.3) is 0 Å². The molecule has 0 saturated carbocycles. The van der Waals surface area contributed by atoms with Gasteiger partial charge in [-0.2, -0.15) is 0 Å². The van der Waals surface area contributed by atoms with Gasteiger partial charge in [-0.25, -0.2) is 0 Å². The van der Waals surface area contributed by atoms with Crippen molar-refractivity contribution in [1.82, 2.24) is 10.2 Å². The molecule has 6 heteroatoms. The monoisotopic (exact) mass is 241 g/mol. The summed E-state index contributed by atoms with van der Waals surface area (Å²) < 4.78 is 0. The van der Waals surface area contributed by atoms with Gasteiger partial charge in [0.15, 0.2) is 0 Å². The van der Waals surface area contributed by atoms with Crippen molar-refractivity contribution in [2.45, 2.75) is 13.0 Å². The Hall–Kier alpha value is -0.980. The highest BCUT2D eigenvalue weighted by Gasteiger charge is 2.21. The van der Waals surface area contributed by atoms with Crippen molar-refractivity contribution in [3.05, 3.63) is 27.1 Å². The molecule has 0 spiro atoms. The summed E-state index contributed by atoms with van der Waals surface area (Å²) in [5.74, 6) is 0. The van der Waals surface area contributed by atoms with E-state index in [9.17, 15) is 10.1 Å². The minimum atomic E-state index is -0.321. The van der Waals surface area contributed by atoms with Gasteiger partial charge in [0.1, 0.15) is 0 Å². The van der Waals surface area contributed by atoms with Crippen LogP contribution in [0.3, 0.4) is 0 Å². The van der Waals surface area contributed by atoms with Crippen molar-refractivity contribution in [3.8, 4) is 0 Å². The molecule has 1 N–H and O–H groups in total. The van der Waals surface area contributed by atoms with E-state index in [0.717, 1.165) is 31.1 Å². The lowest BCUT2D eigenvalue weighted by Gasteiger charge is -2.32. The normalized spacial score (nSPS) is 19.6. The summed E-state index contributed by atoms with van der Waals surface area (Å²) in [4.78, 5) is 13.7. The molecule has 1 saturated heterocycles. The standard InChI is InChI=1S/C10H15N3O2S/c1-8(12-6-4-11-5-7-12)9-2-3-10(16-9)13(14)15/h2-3,8,11H,4-7H2,1H3/t8-/m0/s1. The zero-order valence-corrected chi connectivity index (χ0v) is 10.00. The van der Waals surface area contributed by atoms with Gasteiger partial charge in [-0.05, 0) is 13.0 Å². The van der Waals surface area contributed by atoms with Crippen molar-refractivity contribution in [3.63, 3.8) is 0 Å². The third kappa shape index (κ3) is 2.40.